The van der Waals surface area contributed by atoms with Crippen LogP contribution in [0.1, 0.15) is 36.2 Å². The van der Waals surface area contributed by atoms with Crippen molar-refractivity contribution in [2.75, 3.05) is 0 Å². The Kier molecular flexibility index (Phi) is 5.21. The summed E-state index contributed by atoms with van der Waals surface area (Å²) in [5, 5.41) is 4.30. The van der Waals surface area contributed by atoms with E-state index in [1.54, 1.807) is 18.3 Å². The van der Waals surface area contributed by atoms with Crippen LogP contribution in [-0.2, 0) is 0 Å². The van der Waals surface area contributed by atoms with Gasteiger partial charge in [0.15, 0.2) is 0 Å². The van der Waals surface area contributed by atoms with Crippen LogP contribution in [0.4, 0.5) is 0 Å². The summed E-state index contributed by atoms with van der Waals surface area (Å²) in [6, 6.07) is 13.3. The van der Waals surface area contributed by atoms with Gasteiger partial charge in [-0.05, 0) is 30.0 Å². The van der Waals surface area contributed by atoms with Crippen molar-refractivity contribution in [3.8, 4) is 0 Å². The van der Waals surface area contributed by atoms with Crippen LogP contribution in [-0.4, -0.2) is 16.6 Å². The quantitative estimate of drug-likeness (QED) is 0.675. The van der Waals surface area contributed by atoms with E-state index in [0.29, 0.717) is 11.5 Å². The molecule has 1 heterocycles. The number of pyridine rings is 1. The van der Waals surface area contributed by atoms with E-state index in [9.17, 15) is 4.79 Å². The second-order valence-electron chi connectivity index (χ2n) is 5.21. The predicted molar refractivity (Wildman–Crippen MR) is 84.1 cm³/mol. The van der Waals surface area contributed by atoms with E-state index in [1.807, 2.05) is 30.3 Å². The molecular formula is C17H19N3O. The number of hydrazone groups is 1. The van der Waals surface area contributed by atoms with Crippen LogP contribution in [0.5, 0.6) is 0 Å². The van der Waals surface area contributed by atoms with Crippen molar-refractivity contribution in [1.29, 1.82) is 0 Å². The molecule has 0 saturated heterocycles. The molecule has 0 saturated carbocycles. The normalized spacial score (nSPS) is 11.5. The summed E-state index contributed by atoms with van der Waals surface area (Å²) < 4.78 is 0. The number of nitrogens with zero attached hydrogens (tertiary/aromatic N) is 2. The second-order valence-corrected chi connectivity index (χ2v) is 5.21. The molecule has 4 nitrogen and oxygen atoms in total. The van der Waals surface area contributed by atoms with Gasteiger partial charge in [-0.2, -0.15) is 5.10 Å². The highest BCUT2D eigenvalue weighted by Crippen LogP contribution is 2.10. The number of amides is 1. The molecule has 1 N–H and O–H groups in total. The SMILES string of the molecule is CC(C)C/C(=N\NC(=O)c1cccnc1)c1ccccc1. The number of nitrogens with one attached hydrogen (secondary N) is 1. The molecule has 0 aliphatic rings. The minimum Gasteiger partial charge on any atom is -0.267 e. The molecule has 0 radical (unpaired) electrons. The highest BCUT2D eigenvalue weighted by Gasteiger charge is 2.08. The summed E-state index contributed by atoms with van der Waals surface area (Å²) >= 11 is 0. The third kappa shape index (κ3) is 4.53. The van der Waals surface area contributed by atoms with E-state index in [2.05, 4.69) is 29.4 Å². The number of benzene rings is 1. The van der Waals surface area contributed by atoms with Gasteiger partial charge in [-0.1, -0.05) is 44.2 Å². The lowest BCUT2D eigenvalue weighted by molar-refractivity contribution is 0.0954. The number of aromatic nitrogens is 1. The molecule has 1 aromatic heterocycles. The van der Waals surface area contributed by atoms with Crippen molar-refractivity contribution in [2.24, 2.45) is 11.0 Å². The van der Waals surface area contributed by atoms with Gasteiger partial charge in [0.05, 0.1) is 11.3 Å². The molecule has 0 bridgehead atoms. The van der Waals surface area contributed by atoms with Crippen LogP contribution >= 0.6 is 0 Å². The monoisotopic (exact) mass is 281 g/mol. The Labute approximate surface area is 124 Å². The summed E-state index contributed by atoms with van der Waals surface area (Å²) in [5.41, 5.74) is 5.01. The molecule has 4 heteroatoms. The highest BCUT2D eigenvalue weighted by molar-refractivity contribution is 6.02. The zero-order valence-corrected chi connectivity index (χ0v) is 12.3. The standard InChI is InChI=1S/C17H19N3O/c1-13(2)11-16(14-7-4-3-5-8-14)19-20-17(21)15-9-6-10-18-12-15/h3-10,12-13H,11H2,1-2H3,(H,20,21)/b19-16+. The Morgan fingerprint density at radius 3 is 2.48 bits per heavy atom. The van der Waals surface area contributed by atoms with Gasteiger partial charge in [0.25, 0.3) is 5.91 Å². The van der Waals surface area contributed by atoms with Gasteiger partial charge in [-0.3, -0.25) is 9.78 Å². The molecule has 0 aliphatic heterocycles. The molecule has 1 aromatic carbocycles. The maximum atomic E-state index is 12.0. The Balaban J connectivity index is 2.16. The summed E-state index contributed by atoms with van der Waals surface area (Å²) in [7, 11) is 0. The minimum absolute atomic E-state index is 0.250. The fourth-order valence-electron chi connectivity index (χ4n) is 1.93. The topological polar surface area (TPSA) is 54.4 Å². The van der Waals surface area contributed by atoms with Crippen molar-refractivity contribution in [3.05, 3.63) is 66.0 Å². The molecule has 0 atom stereocenters. The first-order valence-electron chi connectivity index (χ1n) is 6.99. The summed E-state index contributed by atoms with van der Waals surface area (Å²) in [6.45, 7) is 4.25. The van der Waals surface area contributed by atoms with Crippen molar-refractivity contribution in [3.63, 3.8) is 0 Å². The largest absolute Gasteiger partial charge is 0.272 e. The van der Waals surface area contributed by atoms with E-state index in [4.69, 9.17) is 0 Å². The molecule has 2 rings (SSSR count). The third-order valence-corrected chi connectivity index (χ3v) is 2.92. The van der Waals surface area contributed by atoms with E-state index >= 15 is 0 Å². The van der Waals surface area contributed by atoms with E-state index in [0.717, 1.165) is 17.7 Å². The Hall–Kier alpha value is -2.49. The molecule has 0 aliphatic carbocycles. The molecule has 2 aromatic rings. The van der Waals surface area contributed by atoms with Gasteiger partial charge in [-0.15, -0.1) is 0 Å². The lowest BCUT2D eigenvalue weighted by Crippen LogP contribution is -2.21. The molecule has 1 amide bonds. The van der Waals surface area contributed by atoms with Crippen LogP contribution in [0.2, 0.25) is 0 Å². The maximum Gasteiger partial charge on any atom is 0.272 e. The number of rotatable bonds is 5. The van der Waals surface area contributed by atoms with Gasteiger partial charge in [0.2, 0.25) is 0 Å². The smallest absolute Gasteiger partial charge is 0.267 e. The average Bonchev–Trinajstić information content (AvgIpc) is 2.52. The summed E-state index contributed by atoms with van der Waals surface area (Å²) in [6.07, 6.45) is 3.96. The van der Waals surface area contributed by atoms with Crippen molar-refractivity contribution in [1.82, 2.24) is 10.4 Å². The molecule has 0 fully saturated rings. The number of carbonyl (C=O) groups excluding carboxylic acids is 1. The number of hydrogen-bond donors (Lipinski definition) is 1. The maximum absolute atomic E-state index is 12.0. The van der Waals surface area contributed by atoms with Crippen LogP contribution in [0.15, 0.2) is 60.0 Å². The minimum atomic E-state index is -0.250. The lowest BCUT2D eigenvalue weighted by Gasteiger charge is -2.09. The Morgan fingerprint density at radius 1 is 1.14 bits per heavy atom. The van der Waals surface area contributed by atoms with Crippen LogP contribution in [0.25, 0.3) is 0 Å². The van der Waals surface area contributed by atoms with E-state index in [1.165, 1.54) is 6.20 Å². The lowest BCUT2D eigenvalue weighted by atomic mass is 10.0. The first-order valence-corrected chi connectivity index (χ1v) is 6.99. The van der Waals surface area contributed by atoms with Crippen molar-refractivity contribution < 1.29 is 4.79 Å². The van der Waals surface area contributed by atoms with Crippen molar-refractivity contribution >= 4 is 11.6 Å². The Bertz CT molecular complexity index is 606. The number of carbonyl (C=O) groups is 1. The van der Waals surface area contributed by atoms with Gasteiger partial charge in [0.1, 0.15) is 0 Å². The highest BCUT2D eigenvalue weighted by atomic mass is 16.2. The molecule has 0 unspecified atom stereocenters. The van der Waals surface area contributed by atoms with Gasteiger partial charge < -0.3 is 0 Å². The Morgan fingerprint density at radius 2 is 1.86 bits per heavy atom. The average molecular weight is 281 g/mol. The molecule has 0 spiro atoms. The van der Waals surface area contributed by atoms with Crippen molar-refractivity contribution in [2.45, 2.75) is 20.3 Å². The van der Waals surface area contributed by atoms with Gasteiger partial charge in [-0.25, -0.2) is 5.43 Å². The van der Waals surface area contributed by atoms with Gasteiger partial charge in [0, 0.05) is 12.4 Å². The predicted octanol–water partition coefficient (Wildman–Crippen LogP) is 3.26. The second kappa shape index (κ2) is 7.33. The fraction of sp³-hybridized carbons (Fsp3) is 0.235. The van der Waals surface area contributed by atoms with Crippen LogP contribution in [0, 0.1) is 5.92 Å². The molecular weight excluding hydrogens is 262 g/mol. The van der Waals surface area contributed by atoms with Gasteiger partial charge >= 0.3 is 0 Å². The third-order valence-electron chi connectivity index (χ3n) is 2.92. The fourth-order valence-corrected chi connectivity index (χ4v) is 1.93. The zero-order valence-electron chi connectivity index (χ0n) is 12.3. The first-order chi connectivity index (χ1) is 10.2. The van der Waals surface area contributed by atoms with Crippen LogP contribution < -0.4 is 5.43 Å². The molecule has 21 heavy (non-hydrogen) atoms. The first kappa shape index (κ1) is 14.9. The van der Waals surface area contributed by atoms with E-state index < -0.39 is 0 Å². The molecule has 108 valence electrons. The summed E-state index contributed by atoms with van der Waals surface area (Å²) in [4.78, 5) is 15.9. The summed E-state index contributed by atoms with van der Waals surface area (Å²) in [5.74, 6) is 0.208. The zero-order chi connectivity index (χ0) is 15.1. The number of hydrogen-bond acceptors (Lipinski definition) is 3. The van der Waals surface area contributed by atoms with E-state index in [-0.39, 0.29) is 5.91 Å². The van der Waals surface area contributed by atoms with Crippen LogP contribution in [0.3, 0.4) is 0 Å².